The van der Waals surface area contributed by atoms with Crippen LogP contribution in [0.1, 0.15) is 65.0 Å². The number of piperidine rings is 1. The second-order valence-electron chi connectivity index (χ2n) is 7.09. The molecule has 2 fully saturated rings. The molecule has 2 aromatic rings. The summed E-state index contributed by atoms with van der Waals surface area (Å²) in [7, 11) is 0. The zero-order valence-corrected chi connectivity index (χ0v) is 16.9. The number of halogens is 1. The van der Waals surface area contributed by atoms with Crippen molar-refractivity contribution in [2.24, 2.45) is 0 Å². The Hall–Kier alpha value is -1.77. The Kier molecular flexibility index (Phi) is 6.29. The number of amides is 1. The highest BCUT2D eigenvalue weighted by molar-refractivity contribution is 7.15. The molecule has 7 nitrogen and oxygen atoms in total. The molecule has 1 saturated carbocycles. The maximum absolute atomic E-state index is 12.9. The first-order chi connectivity index (χ1) is 12.6. The Morgan fingerprint density at radius 3 is 2.67 bits per heavy atom. The van der Waals surface area contributed by atoms with E-state index >= 15 is 0 Å². The molecular formula is C18H24ClN5O2S. The molecule has 0 atom stereocenters. The molecule has 0 unspecified atom stereocenters. The maximum atomic E-state index is 12.9. The van der Waals surface area contributed by atoms with Gasteiger partial charge in [-0.25, -0.2) is 0 Å². The lowest BCUT2D eigenvalue weighted by Crippen LogP contribution is -2.37. The van der Waals surface area contributed by atoms with Gasteiger partial charge in [-0.3, -0.25) is 14.9 Å². The van der Waals surface area contributed by atoms with E-state index < -0.39 is 5.91 Å². The quantitative estimate of drug-likeness (QED) is 0.810. The van der Waals surface area contributed by atoms with Crippen LogP contribution in [0.3, 0.4) is 0 Å². The van der Waals surface area contributed by atoms with E-state index in [9.17, 15) is 9.59 Å². The minimum atomic E-state index is -0.396. The largest absolute Gasteiger partial charge is 0.317 e. The van der Waals surface area contributed by atoms with Gasteiger partial charge in [-0.1, -0.05) is 17.8 Å². The van der Waals surface area contributed by atoms with Crippen LogP contribution in [-0.2, 0) is 0 Å². The molecule has 0 aromatic carbocycles. The number of aryl methyl sites for hydroxylation is 1. The molecule has 146 valence electrons. The number of hydrogen-bond acceptors (Lipinski definition) is 6. The van der Waals surface area contributed by atoms with E-state index in [0.717, 1.165) is 43.8 Å². The summed E-state index contributed by atoms with van der Waals surface area (Å²) in [6.07, 6.45) is 7.11. The number of pyridine rings is 1. The molecule has 3 heterocycles. The van der Waals surface area contributed by atoms with E-state index in [1.54, 1.807) is 11.5 Å². The minimum absolute atomic E-state index is 0. The van der Waals surface area contributed by atoms with Crippen molar-refractivity contribution >= 4 is 34.8 Å². The molecule has 1 aliphatic heterocycles. The van der Waals surface area contributed by atoms with Crippen LogP contribution in [-0.4, -0.2) is 33.8 Å². The number of rotatable bonds is 4. The lowest BCUT2D eigenvalue weighted by molar-refractivity contribution is 0.102. The second-order valence-corrected chi connectivity index (χ2v) is 8.10. The summed E-state index contributed by atoms with van der Waals surface area (Å²) >= 11 is 1.41. The van der Waals surface area contributed by atoms with E-state index in [0.29, 0.717) is 16.6 Å². The van der Waals surface area contributed by atoms with Crippen LogP contribution < -0.4 is 16.2 Å². The third-order valence-corrected chi connectivity index (χ3v) is 6.37. The van der Waals surface area contributed by atoms with Gasteiger partial charge in [0, 0.05) is 18.2 Å². The smallest absolute Gasteiger partial charge is 0.263 e. The second kappa shape index (κ2) is 8.50. The molecule has 0 bridgehead atoms. The molecule has 2 aliphatic rings. The summed E-state index contributed by atoms with van der Waals surface area (Å²) in [5, 5.41) is 15.8. The van der Waals surface area contributed by atoms with Crippen LogP contribution in [0, 0.1) is 6.92 Å². The van der Waals surface area contributed by atoms with Crippen LogP contribution in [0.5, 0.6) is 0 Å². The molecule has 4 rings (SSSR count). The van der Waals surface area contributed by atoms with Gasteiger partial charge in [0.2, 0.25) is 5.13 Å². The summed E-state index contributed by atoms with van der Waals surface area (Å²) in [4.78, 5) is 25.7. The average molecular weight is 410 g/mol. The van der Waals surface area contributed by atoms with Crippen molar-refractivity contribution in [2.45, 2.75) is 51.0 Å². The van der Waals surface area contributed by atoms with Crippen molar-refractivity contribution in [3.8, 4) is 0 Å². The molecule has 1 aliphatic carbocycles. The van der Waals surface area contributed by atoms with E-state index in [-0.39, 0.29) is 29.6 Å². The van der Waals surface area contributed by atoms with Gasteiger partial charge in [-0.2, -0.15) is 0 Å². The third-order valence-electron chi connectivity index (χ3n) is 5.37. The summed E-state index contributed by atoms with van der Waals surface area (Å²) in [6, 6.07) is 1.99. The highest BCUT2D eigenvalue weighted by Gasteiger charge is 2.25. The molecular weight excluding hydrogens is 386 g/mol. The van der Waals surface area contributed by atoms with Gasteiger partial charge in [-0.05, 0) is 57.3 Å². The van der Waals surface area contributed by atoms with Gasteiger partial charge in [0.1, 0.15) is 10.6 Å². The molecule has 2 N–H and O–H groups in total. The molecule has 2 aromatic heterocycles. The molecule has 0 radical (unpaired) electrons. The summed E-state index contributed by atoms with van der Waals surface area (Å²) < 4.78 is 1.71. The number of anilines is 1. The van der Waals surface area contributed by atoms with E-state index in [2.05, 4.69) is 20.8 Å². The fraction of sp³-hybridized carbons (Fsp3) is 0.556. The highest BCUT2D eigenvalue weighted by atomic mass is 35.5. The number of aromatic nitrogens is 3. The fourth-order valence-corrected chi connectivity index (χ4v) is 4.46. The Morgan fingerprint density at radius 2 is 2.00 bits per heavy atom. The number of carbonyl (C=O) groups excluding carboxylic acids is 1. The summed E-state index contributed by atoms with van der Waals surface area (Å²) in [5.74, 6) is 0.0841. The van der Waals surface area contributed by atoms with Gasteiger partial charge >= 0.3 is 0 Å². The Balaban J connectivity index is 0.00000210. The number of hydrogen-bond donors (Lipinski definition) is 2. The average Bonchev–Trinajstić information content (AvgIpc) is 3.02. The number of nitrogens with one attached hydrogen (secondary N) is 2. The zero-order chi connectivity index (χ0) is 18.1. The standard InChI is InChI=1S/C18H23N5O2S.ClH/c1-11-7-10-23(13-5-8-19-9-6-13)17(25)14(11)15(24)20-18-22-21-16(26-18)12-3-2-4-12;/h7,10,12-13,19H,2-6,8-9H2,1H3,(H,20,22,24);1H. The molecule has 1 saturated heterocycles. The van der Waals surface area contributed by atoms with Gasteiger partial charge in [0.15, 0.2) is 0 Å². The van der Waals surface area contributed by atoms with Crippen LogP contribution in [0.15, 0.2) is 17.1 Å². The highest BCUT2D eigenvalue weighted by Crippen LogP contribution is 2.38. The SMILES string of the molecule is Cc1ccn(C2CCNCC2)c(=O)c1C(=O)Nc1nnc(C2CCC2)s1.Cl. The fourth-order valence-electron chi connectivity index (χ4n) is 3.55. The first kappa shape index (κ1) is 20.0. The van der Waals surface area contributed by atoms with Crippen molar-refractivity contribution in [3.63, 3.8) is 0 Å². The van der Waals surface area contributed by atoms with E-state index in [4.69, 9.17) is 0 Å². The van der Waals surface area contributed by atoms with Crippen molar-refractivity contribution < 1.29 is 4.79 Å². The lowest BCUT2D eigenvalue weighted by atomic mass is 9.86. The summed E-state index contributed by atoms with van der Waals surface area (Å²) in [5.41, 5.74) is 0.658. The van der Waals surface area contributed by atoms with E-state index in [1.807, 2.05) is 12.3 Å². The molecule has 9 heteroatoms. The van der Waals surface area contributed by atoms with Gasteiger partial charge < -0.3 is 9.88 Å². The van der Waals surface area contributed by atoms with Gasteiger partial charge in [-0.15, -0.1) is 22.6 Å². The van der Waals surface area contributed by atoms with Crippen molar-refractivity contribution in [3.05, 3.63) is 38.8 Å². The summed E-state index contributed by atoms with van der Waals surface area (Å²) in [6.45, 7) is 3.57. The lowest BCUT2D eigenvalue weighted by Gasteiger charge is -2.25. The Bertz CT molecular complexity index is 871. The number of carbonyl (C=O) groups is 1. The van der Waals surface area contributed by atoms with Crippen LogP contribution >= 0.6 is 23.7 Å². The molecule has 27 heavy (non-hydrogen) atoms. The normalized spacial score (nSPS) is 17.8. The Morgan fingerprint density at radius 1 is 1.26 bits per heavy atom. The third kappa shape index (κ3) is 4.07. The van der Waals surface area contributed by atoms with Crippen LogP contribution in [0.4, 0.5) is 5.13 Å². The number of nitrogens with zero attached hydrogens (tertiary/aromatic N) is 3. The van der Waals surface area contributed by atoms with E-state index in [1.165, 1.54) is 17.8 Å². The predicted octanol–water partition coefficient (Wildman–Crippen LogP) is 2.87. The monoisotopic (exact) mass is 409 g/mol. The van der Waals surface area contributed by atoms with Crippen molar-refractivity contribution in [1.29, 1.82) is 0 Å². The molecule has 0 spiro atoms. The first-order valence-electron chi connectivity index (χ1n) is 9.20. The zero-order valence-electron chi connectivity index (χ0n) is 15.2. The van der Waals surface area contributed by atoms with Crippen LogP contribution in [0.2, 0.25) is 0 Å². The maximum Gasteiger partial charge on any atom is 0.263 e. The van der Waals surface area contributed by atoms with Gasteiger partial charge in [0.05, 0.1) is 0 Å². The predicted molar refractivity (Wildman–Crippen MR) is 108 cm³/mol. The first-order valence-corrected chi connectivity index (χ1v) is 10.0. The van der Waals surface area contributed by atoms with Crippen molar-refractivity contribution in [1.82, 2.24) is 20.1 Å². The molecule has 1 amide bonds. The van der Waals surface area contributed by atoms with Crippen molar-refractivity contribution in [2.75, 3.05) is 18.4 Å². The van der Waals surface area contributed by atoms with Gasteiger partial charge in [0.25, 0.3) is 11.5 Å². The Labute approximate surface area is 168 Å². The minimum Gasteiger partial charge on any atom is -0.317 e. The van der Waals surface area contributed by atoms with Crippen LogP contribution in [0.25, 0.3) is 0 Å². The topological polar surface area (TPSA) is 88.9 Å².